The van der Waals surface area contributed by atoms with E-state index in [2.05, 4.69) is 0 Å². The van der Waals surface area contributed by atoms with Gasteiger partial charge in [0.15, 0.2) is 0 Å². The maximum Gasteiger partial charge on any atom is 0.250 e. The molecule has 0 aromatic heterocycles. The average Bonchev–Trinajstić information content (AvgIpc) is 2.36. The second kappa shape index (κ2) is 4.33. The van der Waals surface area contributed by atoms with Gasteiger partial charge in [-0.05, 0) is 22.9 Å². The van der Waals surface area contributed by atoms with E-state index in [4.69, 9.17) is 0 Å². The highest BCUT2D eigenvalue weighted by Gasteiger charge is 2.10. The molecule has 1 amide bonds. The van der Waals surface area contributed by atoms with Gasteiger partial charge < -0.3 is 0 Å². The molecule has 0 spiro atoms. The number of amides is 1. The molecule has 3 nitrogen and oxygen atoms in total. The van der Waals surface area contributed by atoms with Crippen molar-refractivity contribution in [2.45, 2.75) is 13.3 Å². The Bertz CT molecular complexity index is 522. The molecule has 0 unspecified atom stereocenters. The molecule has 2 aromatic carbocycles. The van der Waals surface area contributed by atoms with Crippen LogP contribution in [-0.4, -0.2) is 11.1 Å². The van der Waals surface area contributed by atoms with Crippen molar-refractivity contribution in [1.82, 2.24) is 0 Å². The lowest BCUT2D eigenvalue weighted by molar-refractivity contribution is -0.123. The van der Waals surface area contributed by atoms with Crippen molar-refractivity contribution in [1.29, 1.82) is 0 Å². The number of nitrogens with zero attached hydrogens (tertiary/aromatic N) is 1. The number of hydrogen-bond donors (Lipinski definition) is 1. The molecule has 82 valence electrons. The summed E-state index contributed by atoms with van der Waals surface area (Å²) < 4.78 is 0. The number of hydroxylamine groups is 1. The number of carbonyl (C=O) groups excluding carboxylic acids is 1. The minimum atomic E-state index is -0.310. The lowest BCUT2D eigenvalue weighted by Crippen LogP contribution is -2.25. The highest BCUT2D eigenvalue weighted by Crippen LogP contribution is 2.21. The fraction of sp³-hybridized carbons (Fsp3) is 0.154. The van der Waals surface area contributed by atoms with Gasteiger partial charge >= 0.3 is 0 Å². The molecule has 0 bridgehead atoms. The van der Waals surface area contributed by atoms with Crippen LogP contribution in [0.1, 0.15) is 13.3 Å². The Morgan fingerprint density at radius 1 is 1.19 bits per heavy atom. The van der Waals surface area contributed by atoms with E-state index >= 15 is 0 Å². The average molecular weight is 215 g/mol. The summed E-state index contributed by atoms with van der Waals surface area (Å²) in [4.78, 5) is 11.3. The predicted molar refractivity (Wildman–Crippen MR) is 63.5 cm³/mol. The summed E-state index contributed by atoms with van der Waals surface area (Å²) in [6, 6.07) is 13.2. The van der Waals surface area contributed by atoms with Crippen LogP contribution >= 0.6 is 0 Å². The van der Waals surface area contributed by atoms with Crippen LogP contribution in [0.2, 0.25) is 0 Å². The monoisotopic (exact) mass is 215 g/mol. The molecule has 0 aliphatic heterocycles. The minimum absolute atomic E-state index is 0.281. The fourth-order valence-corrected chi connectivity index (χ4v) is 1.60. The van der Waals surface area contributed by atoms with Gasteiger partial charge in [-0.1, -0.05) is 37.3 Å². The third kappa shape index (κ3) is 1.90. The SMILES string of the molecule is CCC(=O)N(O)c1ccc2ccccc2c1. The molecule has 0 radical (unpaired) electrons. The molecule has 0 saturated heterocycles. The normalized spacial score (nSPS) is 10.4. The summed E-state index contributed by atoms with van der Waals surface area (Å²) >= 11 is 0. The van der Waals surface area contributed by atoms with E-state index in [1.54, 1.807) is 19.1 Å². The quantitative estimate of drug-likeness (QED) is 0.618. The molecule has 0 atom stereocenters. The molecule has 16 heavy (non-hydrogen) atoms. The van der Waals surface area contributed by atoms with Gasteiger partial charge in [-0.2, -0.15) is 5.06 Å². The topological polar surface area (TPSA) is 40.5 Å². The number of carbonyl (C=O) groups is 1. The number of hydrogen-bond acceptors (Lipinski definition) is 2. The lowest BCUT2D eigenvalue weighted by Gasteiger charge is -2.14. The highest BCUT2D eigenvalue weighted by atomic mass is 16.5. The summed E-state index contributed by atoms with van der Waals surface area (Å²) in [6.07, 6.45) is 0.281. The number of fused-ring (bicyclic) bond motifs is 1. The van der Waals surface area contributed by atoms with E-state index in [0.29, 0.717) is 10.8 Å². The van der Waals surface area contributed by atoms with Gasteiger partial charge in [0.2, 0.25) is 5.91 Å². The van der Waals surface area contributed by atoms with Gasteiger partial charge in [0.25, 0.3) is 0 Å². The number of anilines is 1. The molecule has 0 heterocycles. The van der Waals surface area contributed by atoms with Crippen LogP contribution in [0.4, 0.5) is 5.69 Å². The van der Waals surface area contributed by atoms with E-state index in [1.165, 1.54) is 0 Å². The van der Waals surface area contributed by atoms with E-state index < -0.39 is 0 Å². The minimum Gasteiger partial charge on any atom is -0.281 e. The molecule has 3 heteroatoms. The van der Waals surface area contributed by atoms with Crippen LogP contribution in [0.25, 0.3) is 10.8 Å². The first-order valence-corrected chi connectivity index (χ1v) is 5.23. The van der Waals surface area contributed by atoms with Gasteiger partial charge in [-0.25, -0.2) is 0 Å². The smallest absolute Gasteiger partial charge is 0.250 e. The summed E-state index contributed by atoms with van der Waals surface area (Å²) in [7, 11) is 0. The number of rotatable bonds is 2. The molecule has 2 aromatic rings. The van der Waals surface area contributed by atoms with Gasteiger partial charge in [0.05, 0.1) is 5.69 Å². The summed E-state index contributed by atoms with van der Waals surface area (Å²) in [5, 5.41) is 12.4. The zero-order valence-electron chi connectivity index (χ0n) is 9.05. The molecule has 0 saturated carbocycles. The van der Waals surface area contributed by atoms with Crippen LogP contribution in [0.5, 0.6) is 0 Å². The third-order valence-electron chi connectivity index (χ3n) is 2.52. The third-order valence-corrected chi connectivity index (χ3v) is 2.52. The predicted octanol–water partition coefficient (Wildman–Crippen LogP) is 2.97. The summed E-state index contributed by atoms with van der Waals surface area (Å²) in [5.74, 6) is -0.310. The van der Waals surface area contributed by atoms with Crippen LogP contribution in [0, 0.1) is 0 Å². The van der Waals surface area contributed by atoms with Crippen LogP contribution < -0.4 is 5.06 Å². The zero-order chi connectivity index (χ0) is 11.5. The van der Waals surface area contributed by atoms with E-state index in [1.807, 2.05) is 30.3 Å². The maximum atomic E-state index is 11.3. The van der Waals surface area contributed by atoms with Crippen molar-refractivity contribution in [3.63, 3.8) is 0 Å². The van der Waals surface area contributed by atoms with Crippen molar-refractivity contribution < 1.29 is 10.0 Å². The highest BCUT2D eigenvalue weighted by molar-refractivity contribution is 5.94. The molecule has 0 aliphatic rings. The molecular weight excluding hydrogens is 202 g/mol. The Hall–Kier alpha value is -1.87. The largest absolute Gasteiger partial charge is 0.281 e. The van der Waals surface area contributed by atoms with Crippen LogP contribution in [-0.2, 0) is 4.79 Å². The second-order valence-electron chi connectivity index (χ2n) is 3.59. The van der Waals surface area contributed by atoms with E-state index in [0.717, 1.165) is 10.8 Å². The first-order chi connectivity index (χ1) is 7.72. The number of benzene rings is 2. The van der Waals surface area contributed by atoms with Crippen molar-refractivity contribution in [3.8, 4) is 0 Å². The molecule has 1 N–H and O–H groups in total. The van der Waals surface area contributed by atoms with Crippen molar-refractivity contribution >= 4 is 22.4 Å². The van der Waals surface area contributed by atoms with Gasteiger partial charge in [-0.15, -0.1) is 0 Å². The van der Waals surface area contributed by atoms with Crippen LogP contribution in [0.15, 0.2) is 42.5 Å². The summed E-state index contributed by atoms with van der Waals surface area (Å²) in [6.45, 7) is 1.71. The standard InChI is InChI=1S/C13H13NO2/c1-2-13(15)14(16)12-8-7-10-5-3-4-6-11(10)9-12/h3-9,16H,2H2,1H3. The lowest BCUT2D eigenvalue weighted by atomic mass is 10.1. The zero-order valence-corrected chi connectivity index (χ0v) is 9.05. The van der Waals surface area contributed by atoms with Crippen LogP contribution in [0.3, 0.4) is 0 Å². The molecule has 2 rings (SSSR count). The van der Waals surface area contributed by atoms with Gasteiger partial charge in [0, 0.05) is 6.42 Å². The Kier molecular flexibility index (Phi) is 2.88. The first-order valence-electron chi connectivity index (χ1n) is 5.23. The van der Waals surface area contributed by atoms with Crippen molar-refractivity contribution in [2.75, 3.05) is 5.06 Å². The Labute approximate surface area is 93.9 Å². The molecule has 0 aliphatic carbocycles. The molecule has 0 fully saturated rings. The first kappa shape index (κ1) is 10.6. The fourth-order valence-electron chi connectivity index (χ4n) is 1.60. The van der Waals surface area contributed by atoms with Gasteiger partial charge in [0.1, 0.15) is 0 Å². The summed E-state index contributed by atoms with van der Waals surface area (Å²) in [5.41, 5.74) is 0.505. The van der Waals surface area contributed by atoms with Gasteiger partial charge in [-0.3, -0.25) is 10.0 Å². The Balaban J connectivity index is 2.43. The second-order valence-corrected chi connectivity index (χ2v) is 3.59. The Morgan fingerprint density at radius 3 is 2.56 bits per heavy atom. The maximum absolute atomic E-state index is 11.3. The molecular formula is C13H13NO2. The van der Waals surface area contributed by atoms with E-state index in [9.17, 15) is 10.0 Å². The van der Waals surface area contributed by atoms with Crippen molar-refractivity contribution in [2.24, 2.45) is 0 Å². The van der Waals surface area contributed by atoms with E-state index in [-0.39, 0.29) is 12.3 Å². The van der Waals surface area contributed by atoms with Crippen molar-refractivity contribution in [3.05, 3.63) is 42.5 Å². The Morgan fingerprint density at radius 2 is 1.88 bits per heavy atom.